The van der Waals surface area contributed by atoms with Crippen LogP contribution < -0.4 is 0 Å². The minimum Gasteiger partial charge on any atom is -0.456 e. The minimum absolute atomic E-state index is 0.893. The molecule has 3 nitrogen and oxygen atoms in total. The number of rotatable bonds is 2. The van der Waals surface area contributed by atoms with Gasteiger partial charge in [-0.3, -0.25) is 0 Å². The van der Waals surface area contributed by atoms with Crippen LogP contribution in [0.2, 0.25) is 0 Å². The molecule has 3 heterocycles. The highest BCUT2D eigenvalue weighted by atomic mass is 16.3. The Hall–Kier alpha value is -6.32. The van der Waals surface area contributed by atoms with E-state index < -0.39 is 0 Å². The molecule has 0 radical (unpaired) electrons. The SMILES string of the molecule is c1ccc(-n2c3cc4c(cc3c3c5ccccc5ccc32)c2ccccc2n4-c2cccc3oc4cc5ccccc5cc4c23)cc1. The molecule has 0 amide bonds. The average molecular weight is 599 g/mol. The first-order chi connectivity index (χ1) is 23.3. The summed E-state index contributed by atoms with van der Waals surface area (Å²) in [5.74, 6) is 0. The summed E-state index contributed by atoms with van der Waals surface area (Å²) in [7, 11) is 0. The normalized spacial score (nSPS) is 12.3. The number of para-hydroxylation sites is 2. The van der Waals surface area contributed by atoms with Crippen molar-refractivity contribution in [1.82, 2.24) is 9.13 Å². The summed E-state index contributed by atoms with van der Waals surface area (Å²) in [5.41, 5.74) is 8.82. The number of hydrogen-bond acceptors (Lipinski definition) is 1. The summed E-state index contributed by atoms with van der Waals surface area (Å²) in [6.45, 7) is 0. The lowest BCUT2D eigenvalue weighted by Crippen LogP contribution is -1.96. The molecule has 218 valence electrons. The molecular formula is C44H26N2O. The highest BCUT2D eigenvalue weighted by molar-refractivity contribution is 6.26. The first kappa shape index (κ1) is 24.9. The number of nitrogens with zero attached hydrogens (tertiary/aromatic N) is 2. The molecule has 0 saturated carbocycles. The van der Waals surface area contributed by atoms with Gasteiger partial charge >= 0.3 is 0 Å². The van der Waals surface area contributed by atoms with Crippen molar-refractivity contribution in [3.63, 3.8) is 0 Å². The molecule has 0 fully saturated rings. The second-order valence-electron chi connectivity index (χ2n) is 12.5. The standard InChI is InChI=1S/C44H26N2O/c1-2-14-30(15-3-1)45-38-22-21-27-11-6-7-16-31(27)43(38)34-25-33-32-17-8-9-18-36(32)46(39(33)26-40(34)45)37-19-10-20-41-44(37)35-23-28-12-4-5-13-29(28)24-42(35)47-41/h1-26H. The molecule has 11 aromatic rings. The van der Waals surface area contributed by atoms with E-state index in [1.807, 2.05) is 0 Å². The van der Waals surface area contributed by atoms with Crippen molar-refractivity contribution in [1.29, 1.82) is 0 Å². The van der Waals surface area contributed by atoms with Crippen LogP contribution in [0.25, 0.3) is 98.5 Å². The van der Waals surface area contributed by atoms with Gasteiger partial charge < -0.3 is 13.6 Å². The van der Waals surface area contributed by atoms with Crippen LogP contribution in [0.15, 0.2) is 162 Å². The largest absolute Gasteiger partial charge is 0.456 e. The van der Waals surface area contributed by atoms with Gasteiger partial charge in [0.15, 0.2) is 0 Å². The number of aromatic nitrogens is 2. The number of fused-ring (bicyclic) bond motifs is 12. The van der Waals surface area contributed by atoms with E-state index in [2.05, 4.69) is 167 Å². The van der Waals surface area contributed by atoms with Crippen molar-refractivity contribution in [3.8, 4) is 11.4 Å². The van der Waals surface area contributed by atoms with Gasteiger partial charge in [-0.05, 0) is 82.2 Å². The maximum Gasteiger partial charge on any atom is 0.137 e. The third-order valence-electron chi connectivity index (χ3n) is 10.0. The van der Waals surface area contributed by atoms with Crippen molar-refractivity contribution in [2.75, 3.05) is 0 Å². The molecule has 0 N–H and O–H groups in total. The molecule has 3 heteroatoms. The first-order valence-electron chi connectivity index (χ1n) is 16.1. The minimum atomic E-state index is 0.893. The van der Waals surface area contributed by atoms with Crippen molar-refractivity contribution >= 4 is 87.1 Å². The average Bonchev–Trinajstić information content (AvgIpc) is 3.77. The molecular weight excluding hydrogens is 572 g/mol. The first-order valence-corrected chi connectivity index (χ1v) is 16.1. The summed E-state index contributed by atoms with van der Waals surface area (Å²) in [5, 5.41) is 12.2. The van der Waals surface area contributed by atoms with Crippen LogP contribution in [0.1, 0.15) is 0 Å². The highest BCUT2D eigenvalue weighted by Gasteiger charge is 2.22. The van der Waals surface area contributed by atoms with Crippen LogP contribution in [0, 0.1) is 0 Å². The van der Waals surface area contributed by atoms with E-state index in [9.17, 15) is 0 Å². The molecule has 11 rings (SSSR count). The molecule has 47 heavy (non-hydrogen) atoms. The monoisotopic (exact) mass is 598 g/mol. The smallest absolute Gasteiger partial charge is 0.137 e. The molecule has 8 aromatic carbocycles. The zero-order valence-corrected chi connectivity index (χ0v) is 25.3. The van der Waals surface area contributed by atoms with E-state index in [1.165, 1.54) is 65.2 Å². The molecule has 0 saturated heterocycles. The van der Waals surface area contributed by atoms with E-state index in [0.717, 1.165) is 33.3 Å². The molecule has 0 aliphatic heterocycles. The lowest BCUT2D eigenvalue weighted by atomic mass is 10.0. The van der Waals surface area contributed by atoms with E-state index in [0.29, 0.717) is 0 Å². The third-order valence-corrected chi connectivity index (χ3v) is 10.0. The number of furan rings is 1. The van der Waals surface area contributed by atoms with Gasteiger partial charge in [-0.25, -0.2) is 0 Å². The van der Waals surface area contributed by atoms with Crippen molar-refractivity contribution in [2.24, 2.45) is 0 Å². The van der Waals surface area contributed by atoms with Crippen molar-refractivity contribution < 1.29 is 4.42 Å². The van der Waals surface area contributed by atoms with Gasteiger partial charge in [0.1, 0.15) is 11.2 Å². The van der Waals surface area contributed by atoms with Gasteiger partial charge in [-0.1, -0.05) is 97.1 Å². The zero-order valence-electron chi connectivity index (χ0n) is 25.3. The van der Waals surface area contributed by atoms with Crippen LogP contribution in [-0.4, -0.2) is 9.13 Å². The Morgan fingerprint density at radius 3 is 1.94 bits per heavy atom. The zero-order chi connectivity index (χ0) is 30.6. The Balaban J connectivity index is 1.33. The van der Waals surface area contributed by atoms with Gasteiger partial charge in [0.2, 0.25) is 0 Å². The Labute approximate surface area is 269 Å². The fourth-order valence-electron chi connectivity index (χ4n) is 8.04. The van der Waals surface area contributed by atoms with Crippen molar-refractivity contribution in [2.45, 2.75) is 0 Å². The maximum absolute atomic E-state index is 6.53. The topological polar surface area (TPSA) is 23.0 Å². The van der Waals surface area contributed by atoms with Gasteiger partial charge in [-0.15, -0.1) is 0 Å². The fraction of sp³-hybridized carbons (Fsp3) is 0. The number of hydrogen-bond donors (Lipinski definition) is 0. The second kappa shape index (κ2) is 9.12. The van der Waals surface area contributed by atoms with Crippen LogP contribution >= 0.6 is 0 Å². The molecule has 0 aliphatic carbocycles. The molecule has 0 aliphatic rings. The van der Waals surface area contributed by atoms with Crippen LogP contribution in [0.3, 0.4) is 0 Å². The van der Waals surface area contributed by atoms with E-state index in [4.69, 9.17) is 4.42 Å². The predicted octanol–water partition coefficient (Wildman–Crippen LogP) is 12.1. The summed E-state index contributed by atoms with van der Waals surface area (Å²) in [4.78, 5) is 0. The Morgan fingerprint density at radius 2 is 1.06 bits per heavy atom. The van der Waals surface area contributed by atoms with Gasteiger partial charge in [0, 0.05) is 32.6 Å². The Bertz CT molecular complexity index is 3070. The Morgan fingerprint density at radius 1 is 0.340 bits per heavy atom. The van der Waals surface area contributed by atoms with E-state index >= 15 is 0 Å². The number of benzene rings is 8. The summed E-state index contributed by atoms with van der Waals surface area (Å²) < 4.78 is 11.4. The van der Waals surface area contributed by atoms with Gasteiger partial charge in [0.05, 0.1) is 33.1 Å². The predicted molar refractivity (Wildman–Crippen MR) is 197 cm³/mol. The van der Waals surface area contributed by atoms with Crippen molar-refractivity contribution in [3.05, 3.63) is 158 Å². The van der Waals surface area contributed by atoms with Crippen LogP contribution in [0.4, 0.5) is 0 Å². The summed E-state index contributed by atoms with van der Waals surface area (Å²) >= 11 is 0. The quantitative estimate of drug-likeness (QED) is 0.194. The molecule has 0 unspecified atom stereocenters. The lowest BCUT2D eigenvalue weighted by Gasteiger charge is -2.11. The second-order valence-corrected chi connectivity index (χ2v) is 12.5. The third kappa shape index (κ3) is 3.35. The van der Waals surface area contributed by atoms with E-state index in [-0.39, 0.29) is 0 Å². The summed E-state index contributed by atoms with van der Waals surface area (Å²) in [6.07, 6.45) is 0. The molecule has 0 atom stereocenters. The Kier molecular flexibility index (Phi) is 4.84. The van der Waals surface area contributed by atoms with E-state index in [1.54, 1.807) is 0 Å². The summed E-state index contributed by atoms with van der Waals surface area (Å²) in [6, 6.07) is 57.1. The molecule has 0 bridgehead atoms. The lowest BCUT2D eigenvalue weighted by molar-refractivity contribution is 0.669. The molecule has 3 aromatic heterocycles. The van der Waals surface area contributed by atoms with Gasteiger partial charge in [0.25, 0.3) is 0 Å². The fourth-order valence-corrected chi connectivity index (χ4v) is 8.04. The van der Waals surface area contributed by atoms with Crippen LogP contribution in [-0.2, 0) is 0 Å². The highest BCUT2D eigenvalue weighted by Crippen LogP contribution is 2.44. The van der Waals surface area contributed by atoms with Gasteiger partial charge in [-0.2, -0.15) is 0 Å². The maximum atomic E-state index is 6.53. The molecule has 0 spiro atoms. The van der Waals surface area contributed by atoms with Crippen LogP contribution in [0.5, 0.6) is 0 Å².